The molecule has 1 rings (SSSR count). The number of nitro benzene ring substituents is 1. The Hall–Kier alpha value is -0.610. The highest BCUT2D eigenvalue weighted by atomic mass is 79.9. The van der Waals surface area contributed by atoms with E-state index in [9.17, 15) is 10.1 Å². The second-order valence-corrected chi connectivity index (χ2v) is 6.50. The number of alkyl halides is 1. The number of nitrogens with zero attached hydrogens (tertiary/aromatic N) is 1. The lowest BCUT2D eigenvalue weighted by molar-refractivity contribution is -0.384. The zero-order valence-electron chi connectivity index (χ0n) is 10.5. The predicted octanol–water partition coefficient (Wildman–Crippen LogP) is 4.99. The van der Waals surface area contributed by atoms with Crippen molar-refractivity contribution in [1.82, 2.24) is 0 Å². The zero-order valence-corrected chi connectivity index (χ0v) is 12.9. The Morgan fingerprint density at radius 2 is 2.11 bits per heavy atom. The first-order chi connectivity index (χ1) is 8.40. The largest absolute Gasteiger partial charge is 0.270 e. The van der Waals surface area contributed by atoms with E-state index >= 15 is 0 Å². The fourth-order valence-electron chi connectivity index (χ4n) is 1.79. The molecule has 100 valence electrons. The van der Waals surface area contributed by atoms with Crippen LogP contribution in [0, 0.1) is 16.0 Å². The highest BCUT2D eigenvalue weighted by molar-refractivity contribution is 9.09. The molecule has 0 saturated carbocycles. The van der Waals surface area contributed by atoms with E-state index in [1.54, 1.807) is 6.07 Å². The Morgan fingerprint density at radius 1 is 1.44 bits per heavy atom. The number of aryl methyl sites for hydroxylation is 1. The van der Waals surface area contributed by atoms with Crippen molar-refractivity contribution in [3.8, 4) is 0 Å². The Labute approximate surface area is 121 Å². The van der Waals surface area contributed by atoms with E-state index < -0.39 is 4.92 Å². The van der Waals surface area contributed by atoms with Crippen LogP contribution in [0.2, 0.25) is 5.02 Å². The van der Waals surface area contributed by atoms with Gasteiger partial charge in [0.2, 0.25) is 0 Å². The Morgan fingerprint density at radius 3 is 2.61 bits per heavy atom. The molecule has 1 unspecified atom stereocenters. The summed E-state index contributed by atoms with van der Waals surface area (Å²) in [5.41, 5.74) is 1.01. The first kappa shape index (κ1) is 15.4. The molecule has 0 heterocycles. The van der Waals surface area contributed by atoms with E-state index in [0.29, 0.717) is 15.8 Å². The van der Waals surface area contributed by atoms with Gasteiger partial charge in [0.25, 0.3) is 5.69 Å². The summed E-state index contributed by atoms with van der Waals surface area (Å²) in [7, 11) is 0. The predicted molar refractivity (Wildman–Crippen MR) is 78.6 cm³/mol. The van der Waals surface area contributed by atoms with Crippen molar-refractivity contribution in [3.63, 3.8) is 0 Å². The van der Waals surface area contributed by atoms with Crippen LogP contribution in [0.3, 0.4) is 0 Å². The summed E-state index contributed by atoms with van der Waals surface area (Å²) in [5.74, 6) is 0.654. The second-order valence-electron chi connectivity index (χ2n) is 4.80. The average Bonchev–Trinajstić information content (AvgIpc) is 2.26. The normalized spacial score (nSPS) is 12.7. The summed E-state index contributed by atoms with van der Waals surface area (Å²) in [6.07, 6.45) is 2.93. The number of rotatable bonds is 6. The Kier molecular flexibility index (Phi) is 6.09. The van der Waals surface area contributed by atoms with Crippen LogP contribution >= 0.6 is 27.5 Å². The van der Waals surface area contributed by atoms with Gasteiger partial charge in [0.05, 0.1) is 9.95 Å². The van der Waals surface area contributed by atoms with Crippen LogP contribution < -0.4 is 0 Å². The maximum Gasteiger partial charge on any atom is 0.270 e. The lowest BCUT2D eigenvalue weighted by atomic mass is 10.0. The summed E-state index contributed by atoms with van der Waals surface area (Å²) < 4.78 is 0. The molecule has 0 aliphatic heterocycles. The number of halogens is 2. The molecule has 0 aliphatic carbocycles. The molecule has 0 bridgehead atoms. The maximum absolute atomic E-state index is 10.6. The van der Waals surface area contributed by atoms with Crippen LogP contribution in [0.5, 0.6) is 0 Å². The minimum atomic E-state index is -0.429. The van der Waals surface area contributed by atoms with Gasteiger partial charge in [-0.1, -0.05) is 47.4 Å². The van der Waals surface area contributed by atoms with Crippen LogP contribution in [0.25, 0.3) is 0 Å². The molecular formula is C13H17BrClNO2. The van der Waals surface area contributed by atoms with Crippen LogP contribution in [0.1, 0.15) is 32.3 Å². The minimum absolute atomic E-state index is 0.0429. The van der Waals surface area contributed by atoms with E-state index in [4.69, 9.17) is 11.6 Å². The van der Waals surface area contributed by atoms with Gasteiger partial charge < -0.3 is 0 Å². The lowest BCUT2D eigenvalue weighted by Crippen LogP contribution is -2.04. The summed E-state index contributed by atoms with van der Waals surface area (Å²) in [4.78, 5) is 10.6. The first-order valence-corrected chi connectivity index (χ1v) is 7.26. The smallest absolute Gasteiger partial charge is 0.258 e. The molecule has 1 aromatic carbocycles. The van der Waals surface area contributed by atoms with Crippen molar-refractivity contribution >= 4 is 33.2 Å². The van der Waals surface area contributed by atoms with Crippen molar-refractivity contribution in [2.75, 3.05) is 0 Å². The van der Waals surface area contributed by atoms with Gasteiger partial charge in [-0.15, -0.1) is 0 Å². The molecule has 0 N–H and O–H groups in total. The topological polar surface area (TPSA) is 43.1 Å². The average molecular weight is 335 g/mol. The van der Waals surface area contributed by atoms with E-state index in [1.807, 2.05) is 0 Å². The van der Waals surface area contributed by atoms with Crippen molar-refractivity contribution in [3.05, 3.63) is 38.9 Å². The Balaban J connectivity index is 2.60. The van der Waals surface area contributed by atoms with Gasteiger partial charge in [0, 0.05) is 17.0 Å². The fourth-order valence-corrected chi connectivity index (χ4v) is 3.04. The van der Waals surface area contributed by atoms with Crippen molar-refractivity contribution < 1.29 is 4.92 Å². The summed E-state index contributed by atoms with van der Waals surface area (Å²) in [6.45, 7) is 4.38. The van der Waals surface area contributed by atoms with E-state index in [0.717, 1.165) is 24.8 Å². The fraction of sp³-hybridized carbons (Fsp3) is 0.538. The van der Waals surface area contributed by atoms with E-state index in [2.05, 4.69) is 29.8 Å². The monoisotopic (exact) mass is 333 g/mol. The standard InChI is InChI=1S/C13H17BrClNO2/c1-9(2)7-11(14)5-3-10-4-6-12(16(17)18)8-13(10)15/h4,6,8-9,11H,3,5,7H2,1-2H3. The van der Waals surface area contributed by atoms with Gasteiger partial charge in [-0.05, 0) is 30.7 Å². The van der Waals surface area contributed by atoms with E-state index in [-0.39, 0.29) is 5.69 Å². The minimum Gasteiger partial charge on any atom is -0.258 e. The van der Waals surface area contributed by atoms with Gasteiger partial charge in [-0.25, -0.2) is 0 Å². The molecule has 0 spiro atoms. The highest BCUT2D eigenvalue weighted by Gasteiger charge is 2.12. The summed E-state index contributed by atoms with van der Waals surface area (Å²) >= 11 is 9.69. The molecule has 3 nitrogen and oxygen atoms in total. The molecule has 0 aliphatic rings. The van der Waals surface area contributed by atoms with Crippen molar-refractivity contribution in [2.24, 2.45) is 5.92 Å². The van der Waals surface area contributed by atoms with Crippen LogP contribution in [0.4, 0.5) is 5.69 Å². The number of hydrogen-bond donors (Lipinski definition) is 0. The highest BCUT2D eigenvalue weighted by Crippen LogP contribution is 2.25. The van der Waals surface area contributed by atoms with Gasteiger partial charge in [-0.3, -0.25) is 10.1 Å². The van der Waals surface area contributed by atoms with Gasteiger partial charge in [0.1, 0.15) is 0 Å². The number of non-ortho nitro benzene ring substituents is 1. The number of nitro groups is 1. The van der Waals surface area contributed by atoms with Crippen LogP contribution in [-0.2, 0) is 6.42 Å². The third-order valence-corrected chi connectivity index (χ3v) is 3.89. The molecular weight excluding hydrogens is 318 g/mol. The lowest BCUT2D eigenvalue weighted by Gasteiger charge is -2.12. The van der Waals surface area contributed by atoms with Crippen molar-refractivity contribution in [2.45, 2.75) is 37.9 Å². The zero-order chi connectivity index (χ0) is 13.7. The van der Waals surface area contributed by atoms with E-state index in [1.165, 1.54) is 12.1 Å². The Bertz CT molecular complexity index is 423. The summed E-state index contributed by atoms with van der Waals surface area (Å²) in [5, 5.41) is 11.1. The maximum atomic E-state index is 10.6. The molecule has 1 atom stereocenters. The van der Waals surface area contributed by atoms with Gasteiger partial charge >= 0.3 is 0 Å². The quantitative estimate of drug-likeness (QED) is 0.418. The van der Waals surface area contributed by atoms with Crippen LogP contribution in [-0.4, -0.2) is 9.75 Å². The van der Waals surface area contributed by atoms with Gasteiger partial charge in [0.15, 0.2) is 0 Å². The number of benzene rings is 1. The van der Waals surface area contributed by atoms with Crippen molar-refractivity contribution in [1.29, 1.82) is 0 Å². The van der Waals surface area contributed by atoms with Crippen LogP contribution in [0.15, 0.2) is 18.2 Å². The number of hydrogen-bond acceptors (Lipinski definition) is 2. The molecule has 0 radical (unpaired) electrons. The third kappa shape index (κ3) is 4.94. The first-order valence-electron chi connectivity index (χ1n) is 5.97. The second kappa shape index (κ2) is 7.10. The molecule has 0 fully saturated rings. The molecule has 0 aromatic heterocycles. The molecule has 1 aromatic rings. The SMILES string of the molecule is CC(C)CC(Br)CCc1ccc([N+](=O)[O-])cc1Cl. The molecule has 0 saturated heterocycles. The van der Waals surface area contributed by atoms with Gasteiger partial charge in [-0.2, -0.15) is 0 Å². The molecule has 0 amide bonds. The molecule has 5 heteroatoms. The third-order valence-electron chi connectivity index (χ3n) is 2.70. The molecule has 18 heavy (non-hydrogen) atoms. The summed E-state index contributed by atoms with van der Waals surface area (Å²) in [6, 6.07) is 4.67.